The average molecular weight is 416 g/mol. The van der Waals surface area contributed by atoms with E-state index in [9.17, 15) is 4.79 Å². The van der Waals surface area contributed by atoms with Crippen molar-refractivity contribution in [2.45, 2.75) is 24.4 Å². The lowest BCUT2D eigenvalue weighted by atomic mass is 10.2. The highest BCUT2D eigenvalue weighted by Gasteiger charge is 2.17. The van der Waals surface area contributed by atoms with Crippen molar-refractivity contribution in [3.05, 3.63) is 70.5 Å². The van der Waals surface area contributed by atoms with Crippen LogP contribution in [0.5, 0.6) is 0 Å². The molecule has 0 unspecified atom stereocenters. The van der Waals surface area contributed by atoms with Gasteiger partial charge in [-0.2, -0.15) is 0 Å². The van der Waals surface area contributed by atoms with Crippen LogP contribution in [0.25, 0.3) is 5.69 Å². The summed E-state index contributed by atoms with van der Waals surface area (Å²) in [5, 5.41) is 12.9. The van der Waals surface area contributed by atoms with Crippen LogP contribution in [0.15, 0.2) is 53.7 Å². The third-order valence-electron chi connectivity index (χ3n) is 4.13. The van der Waals surface area contributed by atoms with E-state index in [1.165, 1.54) is 10.5 Å². The molecule has 0 fully saturated rings. The van der Waals surface area contributed by atoms with Gasteiger partial charge in [-0.3, -0.25) is 4.57 Å². The van der Waals surface area contributed by atoms with Gasteiger partial charge in [0, 0.05) is 24.9 Å². The lowest BCUT2D eigenvalue weighted by Gasteiger charge is -2.15. The molecule has 0 radical (unpaired) electrons. The van der Waals surface area contributed by atoms with E-state index in [1.807, 2.05) is 47.9 Å². The lowest BCUT2D eigenvalue weighted by Crippen LogP contribution is -2.34. The van der Waals surface area contributed by atoms with Gasteiger partial charge in [0.25, 0.3) is 0 Å². The minimum atomic E-state index is -0.184. The number of carbonyl (C=O) groups excluding carboxylic acids is 1. The summed E-state index contributed by atoms with van der Waals surface area (Å²) in [7, 11) is 3.39. The predicted molar refractivity (Wildman–Crippen MR) is 113 cm³/mol. The van der Waals surface area contributed by atoms with Crippen LogP contribution in [0.4, 0.5) is 4.79 Å². The van der Waals surface area contributed by atoms with E-state index in [0.717, 1.165) is 22.2 Å². The van der Waals surface area contributed by atoms with Gasteiger partial charge in [0.1, 0.15) is 0 Å². The first-order chi connectivity index (χ1) is 13.5. The summed E-state index contributed by atoms with van der Waals surface area (Å²) in [4.78, 5) is 13.4. The van der Waals surface area contributed by atoms with Crippen LogP contribution < -0.4 is 5.32 Å². The number of halogens is 1. The molecule has 2 aromatic carbocycles. The second-order valence-electron chi connectivity index (χ2n) is 6.49. The number of aromatic nitrogens is 3. The van der Waals surface area contributed by atoms with Crippen LogP contribution in [0.3, 0.4) is 0 Å². The van der Waals surface area contributed by atoms with Crippen molar-refractivity contribution in [2.24, 2.45) is 0 Å². The van der Waals surface area contributed by atoms with E-state index in [0.29, 0.717) is 10.8 Å². The number of aryl methyl sites for hydroxylation is 1. The number of hydrogen-bond acceptors (Lipinski definition) is 4. The summed E-state index contributed by atoms with van der Waals surface area (Å²) in [6.07, 6.45) is 0. The van der Waals surface area contributed by atoms with Crippen molar-refractivity contribution in [1.82, 2.24) is 25.0 Å². The molecular weight excluding hydrogens is 394 g/mol. The Morgan fingerprint density at radius 2 is 1.93 bits per heavy atom. The number of carbonyl (C=O) groups is 1. The Morgan fingerprint density at radius 1 is 1.18 bits per heavy atom. The van der Waals surface area contributed by atoms with Crippen molar-refractivity contribution in [1.29, 1.82) is 0 Å². The second kappa shape index (κ2) is 9.12. The van der Waals surface area contributed by atoms with Crippen LogP contribution in [-0.4, -0.2) is 39.8 Å². The van der Waals surface area contributed by atoms with Gasteiger partial charge in [-0.05, 0) is 30.2 Å². The standard InChI is InChI=1S/C20H22ClN5OS/c1-14-9-10-16(21)11-17(14)26-18(12-22-19(27)25(2)3)23-24-20(26)28-13-15-7-5-4-6-8-15/h4-11H,12-13H2,1-3H3,(H,22,27). The molecule has 0 aliphatic heterocycles. The van der Waals surface area contributed by atoms with Gasteiger partial charge in [0.2, 0.25) is 0 Å². The van der Waals surface area contributed by atoms with Crippen LogP contribution in [0.1, 0.15) is 17.0 Å². The molecule has 1 N–H and O–H groups in total. The molecule has 0 saturated heterocycles. The monoisotopic (exact) mass is 415 g/mol. The van der Waals surface area contributed by atoms with Crippen LogP contribution in [-0.2, 0) is 12.3 Å². The maximum Gasteiger partial charge on any atom is 0.317 e. The molecule has 2 amide bonds. The Bertz CT molecular complexity index is 958. The van der Waals surface area contributed by atoms with Gasteiger partial charge < -0.3 is 10.2 Å². The normalized spacial score (nSPS) is 10.7. The van der Waals surface area contributed by atoms with Crippen molar-refractivity contribution in [3.8, 4) is 5.69 Å². The first kappa shape index (κ1) is 20.2. The van der Waals surface area contributed by atoms with Crippen molar-refractivity contribution < 1.29 is 4.79 Å². The predicted octanol–water partition coefficient (Wildman–Crippen LogP) is 4.29. The van der Waals surface area contributed by atoms with E-state index in [2.05, 4.69) is 27.6 Å². The van der Waals surface area contributed by atoms with Crippen molar-refractivity contribution in [3.63, 3.8) is 0 Å². The second-order valence-corrected chi connectivity index (χ2v) is 7.87. The van der Waals surface area contributed by atoms with Gasteiger partial charge in [-0.15, -0.1) is 10.2 Å². The zero-order valence-corrected chi connectivity index (χ0v) is 17.6. The van der Waals surface area contributed by atoms with Crippen LogP contribution in [0, 0.1) is 6.92 Å². The molecule has 0 aliphatic rings. The minimum absolute atomic E-state index is 0.184. The minimum Gasteiger partial charge on any atom is -0.331 e. The van der Waals surface area contributed by atoms with Gasteiger partial charge in [-0.25, -0.2) is 4.79 Å². The molecule has 1 aromatic heterocycles. The molecule has 3 aromatic rings. The van der Waals surface area contributed by atoms with Crippen LogP contribution in [0.2, 0.25) is 5.02 Å². The van der Waals surface area contributed by atoms with Crippen LogP contribution >= 0.6 is 23.4 Å². The highest BCUT2D eigenvalue weighted by molar-refractivity contribution is 7.98. The number of nitrogens with one attached hydrogen (secondary N) is 1. The summed E-state index contributed by atoms with van der Waals surface area (Å²) in [5.41, 5.74) is 3.15. The summed E-state index contributed by atoms with van der Waals surface area (Å²) in [6.45, 7) is 2.28. The Hall–Kier alpha value is -2.51. The molecule has 0 saturated carbocycles. The van der Waals surface area contributed by atoms with Gasteiger partial charge in [0.05, 0.1) is 12.2 Å². The van der Waals surface area contributed by atoms with Crippen molar-refractivity contribution >= 4 is 29.4 Å². The summed E-state index contributed by atoms with van der Waals surface area (Å²) < 4.78 is 1.96. The first-order valence-electron chi connectivity index (χ1n) is 8.78. The molecule has 146 valence electrons. The summed E-state index contributed by atoms with van der Waals surface area (Å²) >= 11 is 7.84. The molecule has 8 heteroatoms. The molecule has 0 aliphatic carbocycles. The summed E-state index contributed by atoms with van der Waals surface area (Å²) in [6, 6.07) is 15.7. The van der Waals surface area contributed by atoms with Gasteiger partial charge in [0.15, 0.2) is 11.0 Å². The average Bonchev–Trinajstić information content (AvgIpc) is 3.09. The van der Waals surface area contributed by atoms with E-state index in [4.69, 9.17) is 11.6 Å². The third kappa shape index (κ3) is 4.85. The number of amides is 2. The molecule has 3 rings (SSSR count). The quantitative estimate of drug-likeness (QED) is 0.610. The molecule has 28 heavy (non-hydrogen) atoms. The maximum atomic E-state index is 11.9. The first-order valence-corrected chi connectivity index (χ1v) is 10.1. The SMILES string of the molecule is Cc1ccc(Cl)cc1-n1c(CNC(=O)N(C)C)nnc1SCc1ccccc1. The molecular formula is C20H22ClN5OS. The molecule has 0 atom stereocenters. The third-order valence-corrected chi connectivity index (χ3v) is 5.36. The molecule has 6 nitrogen and oxygen atoms in total. The van der Waals surface area contributed by atoms with Gasteiger partial charge >= 0.3 is 6.03 Å². The Kier molecular flexibility index (Phi) is 6.59. The Morgan fingerprint density at radius 3 is 2.64 bits per heavy atom. The lowest BCUT2D eigenvalue weighted by molar-refractivity contribution is 0.216. The van der Waals surface area contributed by atoms with E-state index in [-0.39, 0.29) is 12.6 Å². The highest BCUT2D eigenvalue weighted by Crippen LogP contribution is 2.28. The molecule has 0 bridgehead atoms. The van der Waals surface area contributed by atoms with E-state index < -0.39 is 0 Å². The number of thioether (sulfide) groups is 1. The van der Waals surface area contributed by atoms with E-state index in [1.54, 1.807) is 25.9 Å². The van der Waals surface area contributed by atoms with Gasteiger partial charge in [-0.1, -0.05) is 59.8 Å². The fourth-order valence-corrected chi connectivity index (χ4v) is 3.69. The highest BCUT2D eigenvalue weighted by atomic mass is 35.5. The smallest absolute Gasteiger partial charge is 0.317 e. The Labute approximate surface area is 173 Å². The molecule has 1 heterocycles. The number of rotatable bonds is 6. The van der Waals surface area contributed by atoms with E-state index >= 15 is 0 Å². The fourth-order valence-electron chi connectivity index (χ4n) is 2.61. The topological polar surface area (TPSA) is 63.1 Å². The number of benzene rings is 2. The summed E-state index contributed by atoms with van der Waals surface area (Å²) in [5.74, 6) is 1.42. The molecule has 0 spiro atoms. The number of urea groups is 1. The number of hydrogen-bond donors (Lipinski definition) is 1. The number of nitrogens with zero attached hydrogens (tertiary/aromatic N) is 4. The fraction of sp³-hybridized carbons (Fsp3) is 0.250. The zero-order chi connectivity index (χ0) is 20.1. The maximum absolute atomic E-state index is 11.9. The zero-order valence-electron chi connectivity index (χ0n) is 16.0. The largest absolute Gasteiger partial charge is 0.331 e. The Balaban J connectivity index is 1.93. The van der Waals surface area contributed by atoms with Crippen molar-refractivity contribution in [2.75, 3.05) is 14.1 Å².